The first-order chi connectivity index (χ1) is 20.9. The zero-order valence-electron chi connectivity index (χ0n) is 25.6. The molecule has 5 atom stereocenters. The van der Waals surface area contributed by atoms with E-state index in [1.165, 1.54) is 33.3 Å². The molecule has 0 spiro atoms. The van der Waals surface area contributed by atoms with E-state index in [-0.39, 0.29) is 6.61 Å². The standard InChI is InChI=1S/C33H38O11/c1-18(34)40-17-29-30(41-19(2)35)31(42-20(3)36)32(43-21(4)37)33(5,44-29)25-9-10-26(23-7-8-23)24(16-25)14-22-6-11-27-28(15-22)39-13-12-38-27/h6,9-11,15-16,23,29-32H,7-8,12-14,17H2,1-5H3/t29-,30-,31+,32-,33?/m1/s1. The van der Waals surface area contributed by atoms with Crippen molar-refractivity contribution in [3.05, 3.63) is 58.7 Å². The molecule has 2 aliphatic heterocycles. The van der Waals surface area contributed by atoms with E-state index in [0.717, 1.165) is 24.0 Å². The third-order valence-corrected chi connectivity index (χ3v) is 8.01. The van der Waals surface area contributed by atoms with Crippen molar-refractivity contribution in [2.75, 3.05) is 19.8 Å². The molecule has 0 radical (unpaired) electrons. The fourth-order valence-electron chi connectivity index (χ4n) is 6.00. The van der Waals surface area contributed by atoms with Gasteiger partial charge in [-0.15, -0.1) is 0 Å². The summed E-state index contributed by atoms with van der Waals surface area (Å²) in [4.78, 5) is 48.7. The Labute approximate surface area is 256 Å². The number of benzene rings is 2. The van der Waals surface area contributed by atoms with E-state index in [1.807, 2.05) is 30.3 Å². The SMILES string of the molecule is CC(=O)OC[C@H]1OC(C)(c2ccc(C3CC3)c(Cc3ccc4c(c3)OCCO4)c2)[C@H](OC(C)=O)[C@@H](OC(C)=O)[C@@H]1OC(C)=O. The zero-order valence-corrected chi connectivity index (χ0v) is 25.6. The van der Waals surface area contributed by atoms with Crippen molar-refractivity contribution >= 4 is 23.9 Å². The molecular weight excluding hydrogens is 572 g/mol. The Morgan fingerprint density at radius 3 is 2.09 bits per heavy atom. The molecular formula is C33H38O11. The molecule has 11 nitrogen and oxygen atoms in total. The summed E-state index contributed by atoms with van der Waals surface area (Å²) >= 11 is 0. The highest BCUT2D eigenvalue weighted by Crippen LogP contribution is 2.46. The highest BCUT2D eigenvalue weighted by molar-refractivity contribution is 5.69. The number of carbonyl (C=O) groups excluding carboxylic acids is 4. The topological polar surface area (TPSA) is 133 Å². The van der Waals surface area contributed by atoms with E-state index in [0.29, 0.717) is 42.6 Å². The van der Waals surface area contributed by atoms with Gasteiger partial charge in [-0.25, -0.2) is 0 Å². The minimum atomic E-state index is -1.41. The summed E-state index contributed by atoms with van der Waals surface area (Å²) in [5.74, 6) is -0.732. The van der Waals surface area contributed by atoms with E-state index in [4.69, 9.17) is 33.2 Å². The van der Waals surface area contributed by atoms with Crippen LogP contribution in [0.4, 0.5) is 0 Å². The van der Waals surface area contributed by atoms with Crippen LogP contribution in [0.1, 0.15) is 75.6 Å². The fourth-order valence-corrected chi connectivity index (χ4v) is 6.00. The Kier molecular flexibility index (Phi) is 9.15. The molecule has 236 valence electrons. The van der Waals surface area contributed by atoms with Gasteiger partial charge in [-0.2, -0.15) is 0 Å². The van der Waals surface area contributed by atoms with Crippen LogP contribution in [-0.4, -0.2) is 68.1 Å². The summed E-state index contributed by atoms with van der Waals surface area (Å²) < 4.78 is 40.4. The lowest BCUT2D eigenvalue weighted by atomic mass is 9.79. The number of esters is 4. The van der Waals surface area contributed by atoms with E-state index in [1.54, 1.807) is 6.92 Å². The smallest absolute Gasteiger partial charge is 0.303 e. The Balaban J connectivity index is 1.58. The fraction of sp³-hybridized carbons (Fsp3) is 0.515. The number of carbonyl (C=O) groups is 4. The third kappa shape index (κ3) is 6.99. The first-order valence-electron chi connectivity index (χ1n) is 14.8. The van der Waals surface area contributed by atoms with E-state index in [2.05, 4.69) is 6.07 Å². The van der Waals surface area contributed by atoms with Gasteiger partial charge in [-0.3, -0.25) is 19.2 Å². The van der Waals surface area contributed by atoms with Gasteiger partial charge >= 0.3 is 23.9 Å². The van der Waals surface area contributed by atoms with Crippen LogP contribution in [-0.2, 0) is 54.9 Å². The van der Waals surface area contributed by atoms with E-state index >= 15 is 0 Å². The van der Waals surface area contributed by atoms with Crippen LogP contribution >= 0.6 is 0 Å². The maximum atomic E-state index is 12.4. The van der Waals surface area contributed by atoms with Crippen molar-refractivity contribution < 1.29 is 52.3 Å². The number of hydrogen-bond donors (Lipinski definition) is 0. The molecule has 0 aromatic heterocycles. The first kappa shape index (κ1) is 31.3. The summed E-state index contributed by atoms with van der Waals surface area (Å²) in [7, 11) is 0. The first-order valence-corrected chi connectivity index (χ1v) is 14.8. The minimum absolute atomic E-state index is 0.294. The average molecular weight is 611 g/mol. The van der Waals surface area contributed by atoms with Gasteiger partial charge in [0.05, 0.1) is 0 Å². The van der Waals surface area contributed by atoms with Crippen LogP contribution in [0.3, 0.4) is 0 Å². The van der Waals surface area contributed by atoms with Crippen molar-refractivity contribution in [1.82, 2.24) is 0 Å². The van der Waals surface area contributed by atoms with Crippen LogP contribution in [0.5, 0.6) is 11.5 Å². The average Bonchev–Trinajstić information content (AvgIpc) is 3.80. The second-order valence-electron chi connectivity index (χ2n) is 11.6. The molecule has 44 heavy (non-hydrogen) atoms. The Hall–Kier alpha value is -4.12. The number of rotatable bonds is 9. The predicted molar refractivity (Wildman–Crippen MR) is 154 cm³/mol. The maximum absolute atomic E-state index is 12.4. The predicted octanol–water partition coefficient (Wildman–Crippen LogP) is 3.90. The monoisotopic (exact) mass is 610 g/mol. The van der Waals surface area contributed by atoms with E-state index < -0.39 is 53.9 Å². The summed E-state index contributed by atoms with van der Waals surface area (Å²) in [6.07, 6.45) is -1.99. The molecule has 3 aliphatic rings. The van der Waals surface area contributed by atoms with Crippen molar-refractivity contribution in [1.29, 1.82) is 0 Å². The summed E-state index contributed by atoms with van der Waals surface area (Å²) in [5.41, 5.74) is 2.53. The molecule has 2 fully saturated rings. The summed E-state index contributed by atoms with van der Waals surface area (Å²) in [5, 5.41) is 0. The zero-order chi connectivity index (χ0) is 31.6. The van der Waals surface area contributed by atoms with Crippen molar-refractivity contribution in [2.24, 2.45) is 0 Å². The molecule has 1 unspecified atom stereocenters. The molecule has 2 aromatic rings. The molecule has 1 saturated heterocycles. The lowest BCUT2D eigenvalue weighted by Gasteiger charge is -2.50. The third-order valence-electron chi connectivity index (χ3n) is 8.01. The van der Waals surface area contributed by atoms with Crippen LogP contribution < -0.4 is 9.47 Å². The molecule has 2 heterocycles. The highest BCUT2D eigenvalue weighted by atomic mass is 16.7. The Morgan fingerprint density at radius 1 is 0.795 bits per heavy atom. The van der Waals surface area contributed by atoms with Crippen LogP contribution in [0, 0.1) is 0 Å². The molecule has 5 rings (SSSR count). The van der Waals surface area contributed by atoms with Crippen LogP contribution in [0.15, 0.2) is 36.4 Å². The van der Waals surface area contributed by atoms with Gasteiger partial charge in [0.2, 0.25) is 0 Å². The van der Waals surface area contributed by atoms with Gasteiger partial charge in [0, 0.05) is 27.7 Å². The van der Waals surface area contributed by atoms with Crippen LogP contribution in [0.25, 0.3) is 0 Å². The molecule has 0 N–H and O–H groups in total. The van der Waals surface area contributed by atoms with Gasteiger partial charge in [0.15, 0.2) is 29.8 Å². The van der Waals surface area contributed by atoms with Crippen molar-refractivity contribution in [2.45, 2.75) is 89.8 Å². The van der Waals surface area contributed by atoms with Gasteiger partial charge in [0.25, 0.3) is 0 Å². The Morgan fingerprint density at radius 2 is 1.45 bits per heavy atom. The largest absolute Gasteiger partial charge is 0.486 e. The van der Waals surface area contributed by atoms with Crippen LogP contribution in [0.2, 0.25) is 0 Å². The number of ether oxygens (including phenoxy) is 7. The molecule has 0 amide bonds. The van der Waals surface area contributed by atoms with Gasteiger partial charge in [-0.05, 0) is 66.5 Å². The molecule has 1 aliphatic carbocycles. The molecule has 0 bridgehead atoms. The molecule has 2 aromatic carbocycles. The minimum Gasteiger partial charge on any atom is -0.486 e. The summed E-state index contributed by atoms with van der Waals surface area (Å²) in [6, 6.07) is 11.9. The second kappa shape index (κ2) is 12.9. The van der Waals surface area contributed by atoms with E-state index in [9.17, 15) is 19.2 Å². The quantitative estimate of drug-likeness (QED) is 0.302. The maximum Gasteiger partial charge on any atom is 0.303 e. The highest BCUT2D eigenvalue weighted by Gasteiger charge is 2.58. The van der Waals surface area contributed by atoms with Gasteiger partial charge in [-0.1, -0.05) is 24.3 Å². The molecule has 1 saturated carbocycles. The Bertz CT molecular complexity index is 1430. The second-order valence-corrected chi connectivity index (χ2v) is 11.6. The lowest BCUT2D eigenvalue weighted by Crippen LogP contribution is -2.65. The van der Waals surface area contributed by atoms with Crippen molar-refractivity contribution in [3.8, 4) is 11.5 Å². The normalized spacial score (nSPS) is 25.8. The van der Waals surface area contributed by atoms with Crippen molar-refractivity contribution in [3.63, 3.8) is 0 Å². The van der Waals surface area contributed by atoms with Gasteiger partial charge in [0.1, 0.15) is 31.5 Å². The van der Waals surface area contributed by atoms with Gasteiger partial charge < -0.3 is 33.2 Å². The number of fused-ring (bicyclic) bond motifs is 1. The lowest BCUT2D eigenvalue weighted by molar-refractivity contribution is -0.285. The summed E-state index contributed by atoms with van der Waals surface area (Å²) in [6.45, 7) is 7.31. The number of hydrogen-bond acceptors (Lipinski definition) is 11. The molecule has 11 heteroatoms.